The second-order valence-corrected chi connectivity index (χ2v) is 8.05. The third kappa shape index (κ3) is 6.26. The van der Waals surface area contributed by atoms with E-state index >= 15 is 0 Å². The second kappa shape index (κ2) is 8.03. The normalized spacial score (nSPS) is 14.6. The summed E-state index contributed by atoms with van der Waals surface area (Å²) in [6, 6.07) is 6.77. The zero-order valence-corrected chi connectivity index (χ0v) is 14.4. The van der Waals surface area contributed by atoms with E-state index in [0.717, 1.165) is 5.56 Å². The van der Waals surface area contributed by atoms with Crippen LogP contribution in [0.5, 0.6) is 0 Å². The summed E-state index contributed by atoms with van der Waals surface area (Å²) >= 11 is 4.70. The molecule has 6 heteroatoms. The number of rotatable bonds is 6. The van der Waals surface area contributed by atoms with Crippen LogP contribution >= 0.6 is 11.6 Å². The fourth-order valence-electron chi connectivity index (χ4n) is 1.64. The highest BCUT2D eigenvalue weighted by molar-refractivity contribution is 7.90. The largest absolute Gasteiger partial charge is 0.598 e. The zero-order chi connectivity index (χ0) is 16.0. The number of nitrogens with one attached hydrogen (secondary N) is 1. The van der Waals surface area contributed by atoms with Gasteiger partial charge in [0.1, 0.15) is 4.75 Å². The van der Waals surface area contributed by atoms with Gasteiger partial charge in [-0.3, -0.25) is 4.79 Å². The van der Waals surface area contributed by atoms with E-state index in [1.165, 1.54) is 0 Å². The smallest absolute Gasteiger partial charge is 0.307 e. The summed E-state index contributed by atoms with van der Waals surface area (Å²) in [4.78, 5) is 11.7. The van der Waals surface area contributed by atoms with E-state index in [9.17, 15) is 9.35 Å². The van der Waals surface area contributed by atoms with Crippen molar-refractivity contribution in [2.45, 2.75) is 44.9 Å². The van der Waals surface area contributed by atoms with Crippen molar-refractivity contribution >= 4 is 28.9 Å². The van der Waals surface area contributed by atoms with Gasteiger partial charge < -0.3 is 9.29 Å². The molecule has 0 aliphatic rings. The van der Waals surface area contributed by atoms with Crippen molar-refractivity contribution in [3.05, 3.63) is 34.9 Å². The molecule has 0 amide bonds. The van der Waals surface area contributed by atoms with Crippen LogP contribution in [0.4, 0.5) is 0 Å². The lowest BCUT2D eigenvalue weighted by Gasteiger charge is -2.28. The van der Waals surface area contributed by atoms with Crippen LogP contribution in [-0.4, -0.2) is 21.9 Å². The number of esters is 1. The van der Waals surface area contributed by atoms with Crippen molar-refractivity contribution in [3.8, 4) is 0 Å². The first-order chi connectivity index (χ1) is 9.74. The molecule has 0 aromatic heterocycles. The lowest BCUT2D eigenvalue weighted by Crippen LogP contribution is -2.42. The lowest BCUT2D eigenvalue weighted by atomic mass is 10.1. The van der Waals surface area contributed by atoms with Crippen molar-refractivity contribution in [1.82, 2.24) is 4.72 Å². The Morgan fingerprint density at radius 3 is 2.67 bits per heavy atom. The highest BCUT2D eigenvalue weighted by atomic mass is 35.5. The molecule has 0 aliphatic heterocycles. The van der Waals surface area contributed by atoms with Crippen molar-refractivity contribution in [2.24, 2.45) is 0 Å². The summed E-state index contributed by atoms with van der Waals surface area (Å²) in [5.74, 6) is -0.333. The van der Waals surface area contributed by atoms with Crippen LogP contribution in [0.3, 0.4) is 0 Å². The highest BCUT2D eigenvalue weighted by Crippen LogP contribution is 2.24. The predicted molar refractivity (Wildman–Crippen MR) is 86.5 cm³/mol. The first kappa shape index (κ1) is 18.3. The Hall–Kier alpha value is -0.750. The van der Waals surface area contributed by atoms with E-state index in [-0.39, 0.29) is 12.4 Å². The minimum atomic E-state index is -1.30. The Kier molecular flexibility index (Phi) is 7.00. The summed E-state index contributed by atoms with van der Waals surface area (Å²) in [6.07, 6.45) is 0.107. The Labute approximate surface area is 134 Å². The topological polar surface area (TPSA) is 61.4 Å². The van der Waals surface area contributed by atoms with Crippen LogP contribution in [0.25, 0.3) is 0 Å². The molecule has 0 radical (unpaired) electrons. The van der Waals surface area contributed by atoms with Gasteiger partial charge in [-0.15, -0.1) is 4.72 Å². The minimum absolute atomic E-state index is 0.107. The molecule has 1 aromatic carbocycles. The number of hydrogen-bond acceptors (Lipinski definition) is 4. The Morgan fingerprint density at radius 1 is 1.48 bits per heavy atom. The van der Waals surface area contributed by atoms with Crippen molar-refractivity contribution < 1.29 is 14.1 Å². The zero-order valence-electron chi connectivity index (χ0n) is 12.8. The van der Waals surface area contributed by atoms with E-state index in [2.05, 4.69) is 4.72 Å². The first-order valence-electron chi connectivity index (χ1n) is 6.83. The summed E-state index contributed by atoms with van der Waals surface area (Å²) in [5, 5.41) is 0.574. The predicted octanol–water partition coefficient (Wildman–Crippen LogP) is 3.39. The highest BCUT2D eigenvalue weighted by Gasteiger charge is 2.31. The van der Waals surface area contributed by atoms with Crippen LogP contribution in [-0.2, 0) is 20.9 Å². The molecule has 0 bridgehead atoms. The molecule has 118 valence electrons. The third-order valence-electron chi connectivity index (χ3n) is 2.73. The standard InChI is InChI=1S/C15H22ClNO3S/c1-5-20-14(18)10-13(17-21(19)15(2,3)4)11-7-6-8-12(16)9-11/h6-9,13,17H,5,10H2,1-4H3/t13-,21?/m1/s1. The van der Waals surface area contributed by atoms with Crippen molar-refractivity contribution in [2.75, 3.05) is 6.61 Å². The molecule has 0 heterocycles. The third-order valence-corrected chi connectivity index (χ3v) is 4.58. The molecule has 0 saturated heterocycles. The minimum Gasteiger partial charge on any atom is -0.598 e. The molecule has 0 aliphatic carbocycles. The van der Waals surface area contributed by atoms with E-state index in [1.54, 1.807) is 25.1 Å². The molecule has 0 fully saturated rings. The summed E-state index contributed by atoms with van der Waals surface area (Å²) in [7, 11) is 0. The number of ether oxygens (including phenoxy) is 1. The Balaban J connectivity index is 2.92. The Bertz CT molecular complexity index is 476. The first-order valence-corrected chi connectivity index (χ1v) is 8.36. The molecule has 1 unspecified atom stereocenters. The molecular formula is C15H22ClNO3S. The Morgan fingerprint density at radius 2 is 2.14 bits per heavy atom. The fourth-order valence-corrected chi connectivity index (χ4v) is 2.67. The van der Waals surface area contributed by atoms with E-state index in [1.807, 2.05) is 26.8 Å². The van der Waals surface area contributed by atoms with Gasteiger partial charge >= 0.3 is 5.97 Å². The molecular weight excluding hydrogens is 310 g/mol. The fraction of sp³-hybridized carbons (Fsp3) is 0.533. The molecule has 4 nitrogen and oxygen atoms in total. The van der Waals surface area contributed by atoms with Gasteiger partial charge in [-0.05, 0) is 45.4 Å². The number of benzene rings is 1. The molecule has 1 aromatic rings. The van der Waals surface area contributed by atoms with Crippen molar-refractivity contribution in [1.29, 1.82) is 0 Å². The maximum atomic E-state index is 12.3. The van der Waals surface area contributed by atoms with Crippen LogP contribution < -0.4 is 4.72 Å². The summed E-state index contributed by atoms with van der Waals surface area (Å²) < 4.78 is 19.8. The lowest BCUT2D eigenvalue weighted by molar-refractivity contribution is -0.143. The second-order valence-electron chi connectivity index (χ2n) is 5.62. The van der Waals surface area contributed by atoms with E-state index in [4.69, 9.17) is 16.3 Å². The molecule has 21 heavy (non-hydrogen) atoms. The van der Waals surface area contributed by atoms with Crippen LogP contribution in [0.2, 0.25) is 5.02 Å². The average molecular weight is 332 g/mol. The van der Waals surface area contributed by atoms with Gasteiger partial charge in [-0.2, -0.15) is 0 Å². The van der Waals surface area contributed by atoms with Gasteiger partial charge in [0.15, 0.2) is 0 Å². The van der Waals surface area contributed by atoms with Gasteiger partial charge in [-0.1, -0.05) is 23.7 Å². The van der Waals surface area contributed by atoms with E-state index in [0.29, 0.717) is 11.6 Å². The molecule has 2 atom stereocenters. The quantitative estimate of drug-likeness (QED) is 0.641. The number of carbonyl (C=O) groups is 1. The van der Waals surface area contributed by atoms with Gasteiger partial charge in [0.25, 0.3) is 0 Å². The van der Waals surface area contributed by atoms with Crippen LogP contribution in [0, 0.1) is 0 Å². The molecule has 1 rings (SSSR count). The van der Waals surface area contributed by atoms with Gasteiger partial charge in [0, 0.05) is 16.4 Å². The number of hydrogen-bond donors (Lipinski definition) is 1. The van der Waals surface area contributed by atoms with Gasteiger partial charge in [0.05, 0.1) is 19.1 Å². The van der Waals surface area contributed by atoms with Crippen molar-refractivity contribution in [3.63, 3.8) is 0 Å². The SMILES string of the molecule is CCOC(=O)C[C@@H](N[S+]([O-])C(C)(C)C)c1cccc(Cl)c1. The summed E-state index contributed by atoms with van der Waals surface area (Å²) in [5.41, 5.74) is 0.813. The monoisotopic (exact) mass is 331 g/mol. The summed E-state index contributed by atoms with van der Waals surface area (Å²) in [6.45, 7) is 7.69. The molecule has 0 saturated carbocycles. The van der Waals surface area contributed by atoms with E-state index < -0.39 is 22.2 Å². The maximum Gasteiger partial charge on any atom is 0.307 e. The van der Waals surface area contributed by atoms with Gasteiger partial charge in [-0.25, -0.2) is 0 Å². The number of halogens is 1. The van der Waals surface area contributed by atoms with Gasteiger partial charge in [0.2, 0.25) is 0 Å². The number of carbonyl (C=O) groups excluding carboxylic acids is 1. The maximum absolute atomic E-state index is 12.3. The van der Waals surface area contributed by atoms with Crippen LogP contribution in [0.15, 0.2) is 24.3 Å². The van der Waals surface area contributed by atoms with Crippen LogP contribution in [0.1, 0.15) is 45.7 Å². The average Bonchev–Trinajstić information content (AvgIpc) is 2.37. The molecule has 0 spiro atoms. The molecule has 1 N–H and O–H groups in total.